The molecule has 0 bridgehead atoms. The summed E-state index contributed by atoms with van der Waals surface area (Å²) in [6.07, 6.45) is 5.49. The number of hydrogen-bond acceptors (Lipinski definition) is 2. The van der Waals surface area contributed by atoms with Gasteiger partial charge in [0, 0.05) is 0 Å². The first-order chi connectivity index (χ1) is 5.20. The molecule has 1 atom stereocenters. The summed E-state index contributed by atoms with van der Waals surface area (Å²) < 4.78 is 0. The van der Waals surface area contributed by atoms with E-state index < -0.39 is 12.0 Å². The SMILES string of the molecule is Cl.N[C@@H](CC1CCCC1)C(=O)O. The van der Waals surface area contributed by atoms with Crippen LogP contribution in [0.5, 0.6) is 0 Å². The van der Waals surface area contributed by atoms with Gasteiger partial charge in [-0.05, 0) is 12.3 Å². The largest absolute Gasteiger partial charge is 0.480 e. The summed E-state index contributed by atoms with van der Waals surface area (Å²) in [4.78, 5) is 10.4. The molecule has 0 spiro atoms. The molecule has 1 aliphatic rings. The van der Waals surface area contributed by atoms with Crippen molar-refractivity contribution in [1.29, 1.82) is 0 Å². The Bertz CT molecular complexity index is 146. The molecule has 1 saturated carbocycles. The predicted molar refractivity (Wildman–Crippen MR) is 49.4 cm³/mol. The average Bonchev–Trinajstić information content (AvgIpc) is 2.39. The molecule has 0 aromatic carbocycles. The lowest BCUT2D eigenvalue weighted by molar-refractivity contribution is -0.138. The Balaban J connectivity index is 0.00000121. The van der Waals surface area contributed by atoms with E-state index in [-0.39, 0.29) is 12.4 Å². The molecule has 0 unspecified atom stereocenters. The highest BCUT2D eigenvalue weighted by Gasteiger charge is 2.21. The molecular formula is C8H16ClNO2. The van der Waals surface area contributed by atoms with Crippen LogP contribution in [0.1, 0.15) is 32.1 Å². The van der Waals surface area contributed by atoms with Gasteiger partial charge in [-0.15, -0.1) is 12.4 Å². The highest BCUT2D eigenvalue weighted by molar-refractivity contribution is 5.85. The van der Waals surface area contributed by atoms with Crippen LogP contribution in [0.4, 0.5) is 0 Å². The van der Waals surface area contributed by atoms with Crippen molar-refractivity contribution in [3.05, 3.63) is 0 Å². The molecule has 0 radical (unpaired) electrons. The average molecular weight is 194 g/mol. The molecule has 72 valence electrons. The Morgan fingerprint density at radius 1 is 1.50 bits per heavy atom. The van der Waals surface area contributed by atoms with Gasteiger partial charge in [0.05, 0.1) is 0 Å². The number of rotatable bonds is 3. The van der Waals surface area contributed by atoms with Gasteiger partial charge in [0.25, 0.3) is 0 Å². The van der Waals surface area contributed by atoms with Crippen molar-refractivity contribution in [2.45, 2.75) is 38.1 Å². The van der Waals surface area contributed by atoms with Crippen LogP contribution in [0.3, 0.4) is 0 Å². The van der Waals surface area contributed by atoms with Gasteiger partial charge in [0.1, 0.15) is 6.04 Å². The topological polar surface area (TPSA) is 63.3 Å². The minimum absolute atomic E-state index is 0. The quantitative estimate of drug-likeness (QED) is 0.712. The van der Waals surface area contributed by atoms with E-state index in [0.717, 1.165) is 0 Å². The summed E-state index contributed by atoms with van der Waals surface area (Å²) in [5.41, 5.74) is 5.40. The molecule has 3 nitrogen and oxygen atoms in total. The number of nitrogens with two attached hydrogens (primary N) is 1. The van der Waals surface area contributed by atoms with Crippen LogP contribution in [0.25, 0.3) is 0 Å². The van der Waals surface area contributed by atoms with Gasteiger partial charge in [0.2, 0.25) is 0 Å². The third-order valence-electron chi connectivity index (χ3n) is 2.38. The third-order valence-corrected chi connectivity index (χ3v) is 2.38. The van der Waals surface area contributed by atoms with Crippen LogP contribution in [-0.4, -0.2) is 17.1 Å². The van der Waals surface area contributed by atoms with Crippen LogP contribution in [0.2, 0.25) is 0 Å². The molecule has 0 amide bonds. The summed E-state index contributed by atoms with van der Waals surface area (Å²) in [6.45, 7) is 0. The van der Waals surface area contributed by atoms with E-state index in [9.17, 15) is 4.79 Å². The number of carbonyl (C=O) groups is 1. The van der Waals surface area contributed by atoms with E-state index in [2.05, 4.69) is 0 Å². The van der Waals surface area contributed by atoms with Crippen molar-refractivity contribution < 1.29 is 9.90 Å². The van der Waals surface area contributed by atoms with Crippen LogP contribution in [0.15, 0.2) is 0 Å². The van der Waals surface area contributed by atoms with Crippen molar-refractivity contribution in [2.24, 2.45) is 11.7 Å². The van der Waals surface area contributed by atoms with Gasteiger partial charge < -0.3 is 10.8 Å². The normalized spacial score (nSPS) is 20.1. The van der Waals surface area contributed by atoms with E-state index in [1.165, 1.54) is 25.7 Å². The Hall–Kier alpha value is -0.280. The number of carboxylic acid groups (broad SMARTS) is 1. The molecule has 0 saturated heterocycles. The fourth-order valence-electron chi connectivity index (χ4n) is 1.71. The van der Waals surface area contributed by atoms with Crippen LogP contribution in [0, 0.1) is 5.92 Å². The van der Waals surface area contributed by atoms with Crippen molar-refractivity contribution in [3.8, 4) is 0 Å². The van der Waals surface area contributed by atoms with Gasteiger partial charge in [-0.3, -0.25) is 4.79 Å². The second-order valence-electron chi connectivity index (χ2n) is 3.33. The summed E-state index contributed by atoms with van der Waals surface area (Å²) >= 11 is 0. The maximum absolute atomic E-state index is 10.4. The zero-order chi connectivity index (χ0) is 8.27. The van der Waals surface area contributed by atoms with Gasteiger partial charge in [0.15, 0.2) is 0 Å². The predicted octanol–water partition coefficient (Wildman–Crippen LogP) is 1.40. The monoisotopic (exact) mass is 193 g/mol. The minimum atomic E-state index is -0.864. The number of carboxylic acids is 1. The first kappa shape index (κ1) is 11.7. The lowest BCUT2D eigenvalue weighted by Crippen LogP contribution is -2.31. The van der Waals surface area contributed by atoms with Gasteiger partial charge in [-0.2, -0.15) is 0 Å². The lowest BCUT2D eigenvalue weighted by atomic mass is 9.99. The van der Waals surface area contributed by atoms with E-state index in [0.29, 0.717) is 12.3 Å². The van der Waals surface area contributed by atoms with Crippen LogP contribution >= 0.6 is 12.4 Å². The van der Waals surface area contributed by atoms with Crippen LogP contribution < -0.4 is 5.73 Å². The molecule has 0 aliphatic heterocycles. The van der Waals surface area contributed by atoms with Gasteiger partial charge in [-0.25, -0.2) is 0 Å². The van der Waals surface area contributed by atoms with Crippen molar-refractivity contribution in [2.75, 3.05) is 0 Å². The van der Waals surface area contributed by atoms with Crippen molar-refractivity contribution in [1.82, 2.24) is 0 Å². The summed E-state index contributed by atoms with van der Waals surface area (Å²) in [6, 6.07) is -0.641. The van der Waals surface area contributed by atoms with Gasteiger partial charge in [-0.1, -0.05) is 25.7 Å². The second kappa shape index (κ2) is 5.38. The molecule has 12 heavy (non-hydrogen) atoms. The standard InChI is InChI=1S/C8H15NO2.ClH/c9-7(8(10)11)5-6-3-1-2-4-6;/h6-7H,1-5,9H2,(H,10,11);1H/t7-;/m0./s1. The third kappa shape index (κ3) is 3.41. The minimum Gasteiger partial charge on any atom is -0.480 e. The molecular weight excluding hydrogens is 178 g/mol. The first-order valence-electron chi connectivity index (χ1n) is 4.18. The van der Waals surface area contributed by atoms with E-state index in [1.807, 2.05) is 0 Å². The zero-order valence-corrected chi connectivity index (χ0v) is 7.85. The maximum Gasteiger partial charge on any atom is 0.320 e. The second-order valence-corrected chi connectivity index (χ2v) is 3.33. The molecule has 1 aliphatic carbocycles. The van der Waals surface area contributed by atoms with E-state index in [4.69, 9.17) is 10.8 Å². The molecule has 4 heteroatoms. The molecule has 3 N–H and O–H groups in total. The van der Waals surface area contributed by atoms with Crippen molar-refractivity contribution in [3.63, 3.8) is 0 Å². The smallest absolute Gasteiger partial charge is 0.320 e. The number of hydrogen-bond donors (Lipinski definition) is 2. The molecule has 0 heterocycles. The fourth-order valence-corrected chi connectivity index (χ4v) is 1.71. The highest BCUT2D eigenvalue weighted by atomic mass is 35.5. The van der Waals surface area contributed by atoms with E-state index in [1.54, 1.807) is 0 Å². The summed E-state index contributed by atoms with van der Waals surface area (Å²) in [7, 11) is 0. The Morgan fingerprint density at radius 3 is 2.42 bits per heavy atom. The highest BCUT2D eigenvalue weighted by Crippen LogP contribution is 2.28. The molecule has 1 fully saturated rings. The maximum atomic E-state index is 10.4. The zero-order valence-electron chi connectivity index (χ0n) is 7.03. The van der Waals surface area contributed by atoms with Crippen LogP contribution in [-0.2, 0) is 4.79 Å². The van der Waals surface area contributed by atoms with Gasteiger partial charge >= 0.3 is 5.97 Å². The molecule has 1 rings (SSSR count). The number of halogens is 1. The van der Waals surface area contributed by atoms with Crippen molar-refractivity contribution >= 4 is 18.4 Å². The number of aliphatic carboxylic acids is 1. The summed E-state index contributed by atoms with van der Waals surface area (Å²) in [5.74, 6) is -0.294. The molecule has 0 aromatic heterocycles. The Kier molecular flexibility index (Phi) is 5.25. The molecule has 0 aromatic rings. The summed E-state index contributed by atoms with van der Waals surface area (Å²) in [5, 5.41) is 8.52. The Labute approximate surface area is 78.7 Å². The lowest BCUT2D eigenvalue weighted by Gasteiger charge is -2.11. The first-order valence-corrected chi connectivity index (χ1v) is 4.18. The fraction of sp³-hybridized carbons (Fsp3) is 0.875. The Morgan fingerprint density at radius 2 is 2.00 bits per heavy atom. The van der Waals surface area contributed by atoms with E-state index >= 15 is 0 Å².